The first-order valence-electron chi connectivity index (χ1n) is 5.91. The minimum absolute atomic E-state index is 0.000926. The van der Waals surface area contributed by atoms with Crippen LogP contribution in [-0.2, 0) is 9.53 Å². The van der Waals surface area contributed by atoms with Crippen LogP contribution in [0.5, 0.6) is 0 Å². The fourth-order valence-corrected chi connectivity index (χ4v) is 1.57. The molecule has 0 rings (SSSR count). The molecule has 0 spiro atoms. The van der Waals surface area contributed by atoms with Crippen molar-refractivity contribution >= 4 is 5.91 Å². The number of ether oxygens (including phenoxy) is 1. The molecule has 4 heteroatoms. The lowest BCUT2D eigenvalue weighted by molar-refractivity contribution is -0.128. The van der Waals surface area contributed by atoms with Gasteiger partial charge in [-0.05, 0) is 26.7 Å². The number of carbonyl (C=O) groups is 1. The van der Waals surface area contributed by atoms with E-state index >= 15 is 0 Å². The van der Waals surface area contributed by atoms with E-state index in [2.05, 4.69) is 5.32 Å². The quantitative estimate of drug-likeness (QED) is 0.695. The van der Waals surface area contributed by atoms with Gasteiger partial charge in [-0.3, -0.25) is 4.79 Å². The molecule has 3 N–H and O–H groups in total. The van der Waals surface area contributed by atoms with Gasteiger partial charge in [-0.2, -0.15) is 0 Å². The lowest BCUT2D eigenvalue weighted by atomic mass is 9.92. The highest BCUT2D eigenvalue weighted by molar-refractivity contribution is 5.77. The molecule has 16 heavy (non-hydrogen) atoms. The maximum absolute atomic E-state index is 11.9. The summed E-state index contributed by atoms with van der Waals surface area (Å²) in [6, 6.07) is 0. The monoisotopic (exact) mass is 230 g/mol. The van der Waals surface area contributed by atoms with Crippen molar-refractivity contribution in [2.75, 3.05) is 13.7 Å². The fraction of sp³-hybridized carbons (Fsp3) is 0.917. The van der Waals surface area contributed by atoms with Gasteiger partial charge in [0.2, 0.25) is 5.91 Å². The van der Waals surface area contributed by atoms with Crippen molar-refractivity contribution in [3.05, 3.63) is 0 Å². The zero-order valence-electron chi connectivity index (χ0n) is 11.2. The van der Waals surface area contributed by atoms with Crippen LogP contribution in [0.1, 0.15) is 47.0 Å². The second kappa shape index (κ2) is 6.21. The molecule has 0 bridgehead atoms. The van der Waals surface area contributed by atoms with Crippen molar-refractivity contribution < 1.29 is 9.53 Å². The number of amides is 1. The number of nitrogens with two attached hydrogens (primary N) is 1. The van der Waals surface area contributed by atoms with Crippen LogP contribution in [0.4, 0.5) is 0 Å². The summed E-state index contributed by atoms with van der Waals surface area (Å²) in [5, 5.41) is 3.03. The van der Waals surface area contributed by atoms with Crippen LogP contribution in [0.3, 0.4) is 0 Å². The molecule has 0 saturated carbocycles. The third-order valence-corrected chi connectivity index (χ3v) is 3.29. The minimum atomic E-state index is -0.425. The van der Waals surface area contributed by atoms with Gasteiger partial charge in [-0.15, -0.1) is 0 Å². The Balaban J connectivity index is 4.42. The van der Waals surface area contributed by atoms with Crippen molar-refractivity contribution in [2.24, 2.45) is 5.73 Å². The highest BCUT2D eigenvalue weighted by Crippen LogP contribution is 2.17. The predicted octanol–water partition coefficient (Wildman–Crippen LogP) is 1.44. The molecule has 4 nitrogen and oxygen atoms in total. The number of hydrogen-bond acceptors (Lipinski definition) is 3. The van der Waals surface area contributed by atoms with E-state index in [1.807, 2.05) is 27.7 Å². The third kappa shape index (κ3) is 4.49. The number of carbonyl (C=O) groups excluding carboxylic acids is 1. The Bertz CT molecular complexity index is 215. The van der Waals surface area contributed by atoms with Gasteiger partial charge in [0.1, 0.15) is 0 Å². The van der Waals surface area contributed by atoms with Crippen molar-refractivity contribution in [1.29, 1.82) is 0 Å². The van der Waals surface area contributed by atoms with Gasteiger partial charge < -0.3 is 15.8 Å². The fourth-order valence-electron chi connectivity index (χ4n) is 1.57. The molecule has 0 aromatic rings. The summed E-state index contributed by atoms with van der Waals surface area (Å²) in [7, 11) is 1.61. The lowest BCUT2D eigenvalue weighted by Gasteiger charge is -2.33. The number of nitrogens with one attached hydrogen (secondary N) is 1. The molecular weight excluding hydrogens is 204 g/mol. The highest BCUT2D eigenvalue weighted by Gasteiger charge is 2.29. The molecule has 0 saturated heterocycles. The topological polar surface area (TPSA) is 64.3 Å². The van der Waals surface area contributed by atoms with Crippen LogP contribution in [-0.4, -0.2) is 30.7 Å². The maximum atomic E-state index is 11.9. The molecule has 0 aliphatic rings. The standard InChI is InChI=1S/C12H26N2O2/c1-6-12(7-2,9-13)14-10(15)8-11(3,4)16-5/h6-9,13H2,1-5H3,(H,14,15). The zero-order chi connectivity index (χ0) is 12.8. The van der Waals surface area contributed by atoms with Gasteiger partial charge in [0.05, 0.1) is 17.6 Å². The van der Waals surface area contributed by atoms with Gasteiger partial charge in [0.25, 0.3) is 0 Å². The number of rotatable bonds is 7. The molecule has 0 unspecified atom stereocenters. The molecule has 0 aromatic carbocycles. The van der Waals surface area contributed by atoms with Crippen LogP contribution >= 0.6 is 0 Å². The van der Waals surface area contributed by atoms with Gasteiger partial charge in [0, 0.05) is 13.7 Å². The molecule has 0 fully saturated rings. The number of methoxy groups -OCH3 is 1. The van der Waals surface area contributed by atoms with E-state index in [0.717, 1.165) is 12.8 Å². The van der Waals surface area contributed by atoms with Crippen molar-refractivity contribution in [2.45, 2.75) is 58.1 Å². The molecule has 0 heterocycles. The van der Waals surface area contributed by atoms with Crippen molar-refractivity contribution in [3.8, 4) is 0 Å². The first-order chi connectivity index (χ1) is 7.34. The van der Waals surface area contributed by atoms with E-state index in [1.54, 1.807) is 7.11 Å². The second-order valence-corrected chi connectivity index (χ2v) is 4.88. The Morgan fingerprint density at radius 1 is 1.31 bits per heavy atom. The molecule has 0 aliphatic heterocycles. The third-order valence-electron chi connectivity index (χ3n) is 3.29. The largest absolute Gasteiger partial charge is 0.378 e. The molecule has 0 aliphatic carbocycles. The smallest absolute Gasteiger partial charge is 0.223 e. The molecule has 0 atom stereocenters. The van der Waals surface area contributed by atoms with Crippen LogP contribution in [0, 0.1) is 0 Å². The van der Waals surface area contributed by atoms with E-state index < -0.39 is 5.60 Å². The van der Waals surface area contributed by atoms with Gasteiger partial charge in [-0.25, -0.2) is 0 Å². The van der Waals surface area contributed by atoms with Crippen LogP contribution in [0.25, 0.3) is 0 Å². The first kappa shape index (κ1) is 15.4. The maximum Gasteiger partial charge on any atom is 0.223 e. The van der Waals surface area contributed by atoms with Crippen LogP contribution in [0.2, 0.25) is 0 Å². The Kier molecular flexibility index (Phi) is 5.97. The molecule has 0 radical (unpaired) electrons. The van der Waals surface area contributed by atoms with Crippen molar-refractivity contribution in [3.63, 3.8) is 0 Å². The Labute approximate surface area is 98.9 Å². The molecule has 0 aromatic heterocycles. The zero-order valence-corrected chi connectivity index (χ0v) is 11.2. The van der Waals surface area contributed by atoms with Gasteiger partial charge in [0.15, 0.2) is 0 Å². The molecule has 1 amide bonds. The van der Waals surface area contributed by atoms with E-state index in [1.165, 1.54) is 0 Å². The van der Waals surface area contributed by atoms with E-state index in [4.69, 9.17) is 10.5 Å². The summed E-state index contributed by atoms with van der Waals surface area (Å²) in [4.78, 5) is 11.9. The van der Waals surface area contributed by atoms with E-state index in [9.17, 15) is 4.79 Å². The van der Waals surface area contributed by atoms with Gasteiger partial charge in [-0.1, -0.05) is 13.8 Å². The van der Waals surface area contributed by atoms with E-state index in [-0.39, 0.29) is 11.4 Å². The average Bonchev–Trinajstić information content (AvgIpc) is 2.25. The number of hydrogen-bond donors (Lipinski definition) is 2. The molecular formula is C12H26N2O2. The summed E-state index contributed by atoms with van der Waals surface area (Å²) >= 11 is 0. The Hall–Kier alpha value is -0.610. The summed E-state index contributed by atoms with van der Waals surface area (Å²) < 4.78 is 5.23. The summed E-state index contributed by atoms with van der Waals surface area (Å²) in [6.07, 6.45) is 2.05. The summed E-state index contributed by atoms with van der Waals surface area (Å²) in [5.74, 6) is 0.000926. The highest BCUT2D eigenvalue weighted by atomic mass is 16.5. The Morgan fingerprint density at radius 2 is 1.81 bits per heavy atom. The average molecular weight is 230 g/mol. The predicted molar refractivity (Wildman–Crippen MR) is 66.2 cm³/mol. The minimum Gasteiger partial charge on any atom is -0.378 e. The first-order valence-corrected chi connectivity index (χ1v) is 5.91. The van der Waals surface area contributed by atoms with Crippen LogP contribution < -0.4 is 11.1 Å². The second-order valence-electron chi connectivity index (χ2n) is 4.88. The lowest BCUT2D eigenvalue weighted by Crippen LogP contribution is -2.54. The SMILES string of the molecule is CCC(CC)(CN)NC(=O)CC(C)(C)OC. The normalized spacial score (nSPS) is 12.6. The summed E-state index contributed by atoms with van der Waals surface area (Å²) in [6.45, 7) is 8.35. The van der Waals surface area contributed by atoms with E-state index in [0.29, 0.717) is 13.0 Å². The Morgan fingerprint density at radius 3 is 2.12 bits per heavy atom. The van der Waals surface area contributed by atoms with Gasteiger partial charge >= 0.3 is 0 Å². The summed E-state index contributed by atoms with van der Waals surface area (Å²) in [5.41, 5.74) is 5.04. The van der Waals surface area contributed by atoms with Crippen LogP contribution in [0.15, 0.2) is 0 Å². The molecule has 96 valence electrons. The van der Waals surface area contributed by atoms with Crippen molar-refractivity contribution in [1.82, 2.24) is 5.32 Å².